The summed E-state index contributed by atoms with van der Waals surface area (Å²) in [4.78, 5) is 15.9. The average Bonchev–Trinajstić information content (AvgIpc) is 3.08. The van der Waals surface area contributed by atoms with E-state index in [1.54, 1.807) is 6.20 Å². The average molecular weight is 359 g/mol. The molecular weight excluding hydrogens is 338 g/mol. The summed E-state index contributed by atoms with van der Waals surface area (Å²) in [7, 11) is 4.16. The molecule has 1 aliphatic rings. The topological polar surface area (TPSA) is 85.2 Å². The van der Waals surface area contributed by atoms with Crippen molar-refractivity contribution < 1.29 is 0 Å². The Kier molecular flexibility index (Phi) is 3.50. The number of hydrogen-bond donors (Lipinski definition) is 1. The summed E-state index contributed by atoms with van der Waals surface area (Å²) in [5, 5.41) is 4.69. The number of hydrogen-bond acceptors (Lipinski definition) is 6. The van der Waals surface area contributed by atoms with Crippen LogP contribution in [-0.4, -0.2) is 49.6 Å². The Balaban J connectivity index is 1.52. The van der Waals surface area contributed by atoms with Crippen molar-refractivity contribution in [1.82, 2.24) is 29.5 Å². The van der Waals surface area contributed by atoms with Crippen LogP contribution in [0.4, 0.5) is 0 Å². The second-order valence-electron chi connectivity index (χ2n) is 7.56. The van der Waals surface area contributed by atoms with Crippen molar-refractivity contribution in [2.24, 2.45) is 5.73 Å². The normalized spacial score (nSPS) is 22.4. The lowest BCUT2D eigenvalue weighted by molar-refractivity contribution is 0.0865. The zero-order chi connectivity index (χ0) is 18.6. The lowest BCUT2D eigenvalue weighted by Gasteiger charge is -2.46. The molecule has 0 unspecified atom stereocenters. The van der Waals surface area contributed by atoms with Gasteiger partial charge in [0.2, 0.25) is 0 Å². The molecule has 1 saturated carbocycles. The minimum atomic E-state index is -0.444. The molecule has 4 aromatic heterocycles. The highest BCUT2D eigenvalue weighted by atomic mass is 15.3. The molecule has 4 aromatic rings. The molecule has 0 spiro atoms. The van der Waals surface area contributed by atoms with Crippen LogP contribution >= 0.6 is 0 Å². The maximum Gasteiger partial charge on any atom is 0.169 e. The summed E-state index contributed by atoms with van der Waals surface area (Å²) in [6.07, 6.45) is 7.31. The van der Waals surface area contributed by atoms with Crippen molar-refractivity contribution in [2.45, 2.75) is 24.4 Å². The Morgan fingerprint density at radius 1 is 1.11 bits per heavy atom. The molecule has 0 amide bonds. The second kappa shape index (κ2) is 5.80. The molecule has 0 atom stereocenters. The first-order chi connectivity index (χ1) is 13.0. The van der Waals surface area contributed by atoms with Gasteiger partial charge < -0.3 is 10.6 Å². The van der Waals surface area contributed by atoms with Gasteiger partial charge >= 0.3 is 0 Å². The van der Waals surface area contributed by atoms with Crippen molar-refractivity contribution in [3.05, 3.63) is 54.7 Å². The van der Waals surface area contributed by atoms with E-state index in [0.29, 0.717) is 11.9 Å². The number of nitrogens with two attached hydrogens (primary N) is 1. The van der Waals surface area contributed by atoms with Crippen molar-refractivity contribution in [1.29, 1.82) is 0 Å². The molecule has 4 heterocycles. The predicted octanol–water partition coefficient (Wildman–Crippen LogP) is 2.22. The van der Waals surface area contributed by atoms with Crippen LogP contribution in [0.15, 0.2) is 48.9 Å². The summed E-state index contributed by atoms with van der Waals surface area (Å²) in [6.45, 7) is 0. The molecule has 2 N–H and O–H groups in total. The highest BCUT2D eigenvalue weighted by Gasteiger charge is 2.45. The first-order valence-corrected chi connectivity index (χ1v) is 9.06. The fourth-order valence-corrected chi connectivity index (χ4v) is 3.78. The van der Waals surface area contributed by atoms with E-state index >= 15 is 0 Å². The Hall–Kier alpha value is -2.90. The molecule has 0 bridgehead atoms. The van der Waals surface area contributed by atoms with E-state index in [-0.39, 0.29) is 0 Å². The Morgan fingerprint density at radius 3 is 2.78 bits per heavy atom. The molecule has 7 nitrogen and oxygen atoms in total. The fourth-order valence-electron chi connectivity index (χ4n) is 3.78. The first-order valence-electron chi connectivity index (χ1n) is 9.06. The first kappa shape index (κ1) is 16.3. The summed E-state index contributed by atoms with van der Waals surface area (Å²) < 4.78 is 1.85. The zero-order valence-electron chi connectivity index (χ0n) is 15.4. The van der Waals surface area contributed by atoms with Gasteiger partial charge in [-0.3, -0.25) is 4.98 Å². The van der Waals surface area contributed by atoms with Crippen LogP contribution in [0.25, 0.3) is 27.8 Å². The van der Waals surface area contributed by atoms with E-state index in [1.165, 1.54) is 0 Å². The number of rotatable bonds is 3. The molecule has 0 saturated heterocycles. The van der Waals surface area contributed by atoms with Crippen LogP contribution in [0.5, 0.6) is 0 Å². The van der Waals surface area contributed by atoms with Crippen LogP contribution < -0.4 is 5.73 Å². The van der Waals surface area contributed by atoms with Crippen molar-refractivity contribution in [3.8, 4) is 11.3 Å². The van der Waals surface area contributed by atoms with Gasteiger partial charge in [0, 0.05) is 24.0 Å². The van der Waals surface area contributed by atoms with Crippen LogP contribution in [-0.2, 0) is 5.54 Å². The van der Waals surface area contributed by atoms with E-state index in [4.69, 9.17) is 15.8 Å². The van der Waals surface area contributed by atoms with E-state index in [1.807, 2.05) is 47.2 Å². The van der Waals surface area contributed by atoms with Gasteiger partial charge in [0.05, 0.1) is 34.0 Å². The quantitative estimate of drug-likeness (QED) is 0.604. The van der Waals surface area contributed by atoms with E-state index in [2.05, 4.69) is 29.0 Å². The Labute approximate surface area is 156 Å². The van der Waals surface area contributed by atoms with Crippen LogP contribution in [0.3, 0.4) is 0 Å². The Bertz CT molecular complexity index is 1140. The monoisotopic (exact) mass is 359 g/mol. The number of nitrogens with zero attached hydrogens (tertiary/aromatic N) is 6. The molecule has 136 valence electrons. The summed E-state index contributed by atoms with van der Waals surface area (Å²) in [5.41, 5.74) is 10.6. The standard InChI is InChI=1S/C20H21N7/c1-26(2)13-10-20(21,11-13)19-23-12-18-14(7-9-27(18)25-19)15-5-6-16-17(24-15)4-3-8-22-16/h3-9,12-13H,10-11,21H2,1-2H3. The lowest BCUT2D eigenvalue weighted by atomic mass is 9.72. The summed E-state index contributed by atoms with van der Waals surface area (Å²) >= 11 is 0. The van der Waals surface area contributed by atoms with Crippen LogP contribution in [0, 0.1) is 0 Å². The number of aromatic nitrogens is 5. The second-order valence-corrected chi connectivity index (χ2v) is 7.56. The molecule has 7 heteroatoms. The highest BCUT2D eigenvalue weighted by Crippen LogP contribution is 2.39. The number of fused-ring (bicyclic) bond motifs is 2. The minimum absolute atomic E-state index is 0.444. The molecule has 27 heavy (non-hydrogen) atoms. The molecule has 0 aromatic carbocycles. The van der Waals surface area contributed by atoms with Gasteiger partial charge in [-0.1, -0.05) is 0 Å². The van der Waals surface area contributed by atoms with Gasteiger partial charge in [0.15, 0.2) is 5.82 Å². The summed E-state index contributed by atoms with van der Waals surface area (Å²) in [6, 6.07) is 10.3. The summed E-state index contributed by atoms with van der Waals surface area (Å²) in [5.74, 6) is 0.700. The van der Waals surface area contributed by atoms with Crippen LogP contribution in [0.2, 0.25) is 0 Å². The third-order valence-electron chi connectivity index (χ3n) is 5.52. The molecular formula is C20H21N7. The largest absolute Gasteiger partial charge is 0.319 e. The van der Waals surface area contributed by atoms with E-state index < -0.39 is 5.54 Å². The van der Waals surface area contributed by atoms with Crippen LogP contribution in [0.1, 0.15) is 18.7 Å². The molecule has 1 fully saturated rings. The minimum Gasteiger partial charge on any atom is -0.319 e. The molecule has 0 radical (unpaired) electrons. The van der Waals surface area contributed by atoms with E-state index in [9.17, 15) is 0 Å². The van der Waals surface area contributed by atoms with Gasteiger partial charge in [0.25, 0.3) is 0 Å². The maximum atomic E-state index is 6.54. The third kappa shape index (κ3) is 2.58. The Morgan fingerprint density at radius 2 is 1.96 bits per heavy atom. The SMILES string of the molecule is CN(C)C1CC(N)(c2ncc3c(-c4ccc5ncccc5n4)ccn3n2)C1. The molecule has 5 rings (SSSR count). The number of pyridine rings is 2. The lowest BCUT2D eigenvalue weighted by Crippen LogP contribution is -2.57. The highest BCUT2D eigenvalue weighted by molar-refractivity contribution is 5.83. The molecule has 1 aliphatic carbocycles. The van der Waals surface area contributed by atoms with Crippen molar-refractivity contribution in [2.75, 3.05) is 14.1 Å². The van der Waals surface area contributed by atoms with E-state index in [0.717, 1.165) is 40.6 Å². The van der Waals surface area contributed by atoms with Gasteiger partial charge in [0.1, 0.15) is 0 Å². The molecule has 0 aliphatic heterocycles. The van der Waals surface area contributed by atoms with Gasteiger partial charge in [-0.15, -0.1) is 0 Å². The van der Waals surface area contributed by atoms with Crippen molar-refractivity contribution in [3.63, 3.8) is 0 Å². The maximum absolute atomic E-state index is 6.54. The zero-order valence-corrected chi connectivity index (χ0v) is 15.4. The third-order valence-corrected chi connectivity index (χ3v) is 5.52. The van der Waals surface area contributed by atoms with Gasteiger partial charge in [-0.25, -0.2) is 14.5 Å². The van der Waals surface area contributed by atoms with Gasteiger partial charge in [-0.2, -0.15) is 5.10 Å². The predicted molar refractivity (Wildman–Crippen MR) is 104 cm³/mol. The fraction of sp³-hybridized carbons (Fsp3) is 0.300. The van der Waals surface area contributed by atoms with Crippen molar-refractivity contribution >= 4 is 16.6 Å². The smallest absolute Gasteiger partial charge is 0.169 e. The van der Waals surface area contributed by atoms with Gasteiger partial charge in [-0.05, 0) is 57.3 Å².